The summed E-state index contributed by atoms with van der Waals surface area (Å²) in [7, 11) is -4.53. The molecule has 6 heteroatoms. The Kier molecular flexibility index (Phi) is 3.76. The Bertz CT molecular complexity index is 218. The molecule has 92 valence electrons. The normalized spacial score (nSPS) is 30.1. The number of hydrogen-bond acceptors (Lipinski definition) is 5. The van der Waals surface area contributed by atoms with Crippen molar-refractivity contribution >= 4 is 7.51 Å². The fraction of sp³-hybridized carbons (Fsp3) is 1.00. The van der Waals surface area contributed by atoms with Crippen LogP contribution in [0.4, 0.5) is 0 Å². The zero-order valence-corrected chi connectivity index (χ0v) is 10.6. The summed E-state index contributed by atoms with van der Waals surface area (Å²) in [5, 5.41) is 2.23. The fourth-order valence-corrected chi connectivity index (χ4v) is 4.49. The fourth-order valence-electron chi connectivity index (χ4n) is 1.99. The molecule has 0 aromatic rings. The van der Waals surface area contributed by atoms with Gasteiger partial charge in [0.1, 0.15) is 0 Å². The summed E-state index contributed by atoms with van der Waals surface area (Å²) in [6, 6.07) is 0. The van der Waals surface area contributed by atoms with Crippen LogP contribution in [0.2, 0.25) is 0 Å². The van der Waals surface area contributed by atoms with Crippen LogP contribution >= 0.6 is 7.51 Å². The third-order valence-corrected chi connectivity index (χ3v) is 6.43. The van der Waals surface area contributed by atoms with E-state index in [-0.39, 0.29) is 13.2 Å². The average molecular weight is 239 g/mol. The van der Waals surface area contributed by atoms with Crippen molar-refractivity contribution in [3.8, 4) is 0 Å². The Labute approximate surface area is 91.0 Å². The van der Waals surface area contributed by atoms with Gasteiger partial charge in [-0.3, -0.25) is 0 Å². The summed E-state index contributed by atoms with van der Waals surface area (Å²) >= 11 is 0. The average Bonchev–Trinajstić information content (AvgIpc) is 2.54. The van der Waals surface area contributed by atoms with E-state index in [1.165, 1.54) is 0 Å². The molecule has 5 nitrogen and oxygen atoms in total. The molecule has 1 aliphatic rings. The van der Waals surface area contributed by atoms with Gasteiger partial charge in [0.2, 0.25) is 0 Å². The molecule has 0 amide bonds. The van der Waals surface area contributed by atoms with E-state index in [0.717, 1.165) is 13.0 Å². The van der Waals surface area contributed by atoms with Gasteiger partial charge in [-0.25, -0.2) is 0 Å². The van der Waals surface area contributed by atoms with E-state index in [1.807, 2.05) is 0 Å². The molecule has 1 atom stereocenters. The summed E-state index contributed by atoms with van der Waals surface area (Å²) in [6.07, 6.45) is 1.55. The Balaban J connectivity index is 2.98. The minimum absolute atomic E-state index is 0.224. The number of hydrogen-bond donors (Lipinski definition) is 3. The van der Waals surface area contributed by atoms with Gasteiger partial charge in [0, 0.05) is 0 Å². The molecule has 1 rings (SSSR count). The third kappa shape index (κ3) is 2.18. The van der Waals surface area contributed by atoms with Crippen LogP contribution in [0.5, 0.6) is 0 Å². The van der Waals surface area contributed by atoms with E-state index >= 15 is 0 Å². The molecular weight excluding hydrogens is 217 g/mol. The maximum atomic E-state index is 10.4. The first-order valence-electron chi connectivity index (χ1n) is 5.44. The van der Waals surface area contributed by atoms with Crippen molar-refractivity contribution in [2.24, 2.45) is 0 Å². The van der Waals surface area contributed by atoms with Crippen molar-refractivity contribution in [1.82, 2.24) is 5.32 Å². The van der Waals surface area contributed by atoms with E-state index in [4.69, 9.17) is 9.05 Å². The quantitative estimate of drug-likeness (QED) is 0.632. The van der Waals surface area contributed by atoms with Gasteiger partial charge >= 0.3 is 90.3 Å². The van der Waals surface area contributed by atoms with E-state index in [0.29, 0.717) is 6.42 Å². The summed E-state index contributed by atoms with van der Waals surface area (Å²) in [6.45, 7) is 6.42. The molecule has 0 bridgehead atoms. The SMILES string of the molecule is CCOP(O)(O)(OCC)[C@@]1(C)CCCN1. The first-order chi connectivity index (χ1) is 6.87. The molecule has 0 radical (unpaired) electrons. The van der Waals surface area contributed by atoms with E-state index in [1.54, 1.807) is 20.8 Å². The minimum atomic E-state index is -4.53. The summed E-state index contributed by atoms with van der Waals surface area (Å²) < 4.78 is 10.4. The van der Waals surface area contributed by atoms with Gasteiger partial charge in [-0.15, -0.1) is 0 Å². The molecule has 0 saturated carbocycles. The van der Waals surface area contributed by atoms with Crippen LogP contribution in [0.1, 0.15) is 33.6 Å². The van der Waals surface area contributed by atoms with Gasteiger partial charge in [-0.1, -0.05) is 0 Å². The van der Waals surface area contributed by atoms with Crippen LogP contribution in [0, 0.1) is 0 Å². The Morgan fingerprint density at radius 3 is 2.13 bits per heavy atom. The molecule has 1 saturated heterocycles. The molecule has 1 heterocycles. The van der Waals surface area contributed by atoms with E-state index in [9.17, 15) is 9.79 Å². The molecular formula is C9H22NO4P. The monoisotopic (exact) mass is 239 g/mol. The van der Waals surface area contributed by atoms with Crippen molar-refractivity contribution in [3.05, 3.63) is 0 Å². The van der Waals surface area contributed by atoms with Crippen LogP contribution in [0.25, 0.3) is 0 Å². The zero-order chi connectivity index (χ0) is 11.6. The van der Waals surface area contributed by atoms with Gasteiger partial charge < -0.3 is 0 Å². The second-order valence-electron chi connectivity index (χ2n) is 4.01. The van der Waals surface area contributed by atoms with Crippen molar-refractivity contribution in [3.63, 3.8) is 0 Å². The third-order valence-electron chi connectivity index (χ3n) is 2.91. The van der Waals surface area contributed by atoms with Crippen molar-refractivity contribution < 1.29 is 18.8 Å². The number of nitrogens with one attached hydrogen (secondary N) is 1. The summed E-state index contributed by atoms with van der Waals surface area (Å²) in [5.41, 5.74) is 0. The van der Waals surface area contributed by atoms with Gasteiger partial charge in [0.15, 0.2) is 0 Å². The van der Waals surface area contributed by atoms with Crippen molar-refractivity contribution in [2.45, 2.75) is 38.9 Å². The molecule has 0 spiro atoms. The molecule has 0 unspecified atom stereocenters. The van der Waals surface area contributed by atoms with Gasteiger partial charge in [0.25, 0.3) is 0 Å². The first kappa shape index (κ1) is 13.3. The standard InChI is InChI=1S/C9H22NO4P/c1-4-13-15(11,12,14-5-2)9(3)7-6-8-10-9/h10-12H,4-8H2,1-3H3/t9-/m0/s1. The van der Waals surface area contributed by atoms with Crippen LogP contribution in [0.3, 0.4) is 0 Å². The Hall–Kier alpha value is 0.230. The Morgan fingerprint density at radius 1 is 1.27 bits per heavy atom. The van der Waals surface area contributed by atoms with E-state index < -0.39 is 12.8 Å². The molecule has 15 heavy (non-hydrogen) atoms. The zero-order valence-electron chi connectivity index (χ0n) is 9.69. The van der Waals surface area contributed by atoms with E-state index in [2.05, 4.69) is 5.32 Å². The maximum absolute atomic E-state index is 10.4. The molecule has 0 aliphatic carbocycles. The predicted molar refractivity (Wildman–Crippen MR) is 60.3 cm³/mol. The van der Waals surface area contributed by atoms with Crippen molar-refractivity contribution in [1.29, 1.82) is 0 Å². The second kappa shape index (κ2) is 4.24. The Morgan fingerprint density at radius 2 is 1.80 bits per heavy atom. The predicted octanol–water partition coefficient (Wildman–Crippen LogP) is 1.36. The van der Waals surface area contributed by atoms with Crippen LogP contribution in [-0.2, 0) is 9.05 Å². The molecule has 1 aliphatic heterocycles. The van der Waals surface area contributed by atoms with Crippen molar-refractivity contribution in [2.75, 3.05) is 19.8 Å². The number of rotatable bonds is 5. The molecule has 3 N–H and O–H groups in total. The van der Waals surface area contributed by atoms with Gasteiger partial charge in [-0.05, 0) is 0 Å². The van der Waals surface area contributed by atoms with Gasteiger partial charge in [0.05, 0.1) is 0 Å². The molecule has 1 fully saturated rings. The van der Waals surface area contributed by atoms with Crippen LogP contribution < -0.4 is 5.32 Å². The first-order valence-corrected chi connectivity index (χ1v) is 7.41. The molecule has 0 aromatic heterocycles. The van der Waals surface area contributed by atoms with Crippen LogP contribution in [-0.4, -0.2) is 34.8 Å². The summed E-state index contributed by atoms with van der Waals surface area (Å²) in [5.74, 6) is 0. The van der Waals surface area contributed by atoms with Gasteiger partial charge in [-0.2, -0.15) is 0 Å². The topological polar surface area (TPSA) is 71.0 Å². The summed E-state index contributed by atoms with van der Waals surface area (Å²) in [4.78, 5) is 20.8. The molecule has 0 aromatic carbocycles. The van der Waals surface area contributed by atoms with Crippen LogP contribution in [0.15, 0.2) is 0 Å². The second-order valence-corrected chi connectivity index (χ2v) is 7.26.